The predicted octanol–water partition coefficient (Wildman–Crippen LogP) is 2.09. The highest BCUT2D eigenvalue weighted by molar-refractivity contribution is 7.98. The molecule has 1 saturated heterocycles. The summed E-state index contributed by atoms with van der Waals surface area (Å²) in [5.74, 6) is 0.721. The summed E-state index contributed by atoms with van der Waals surface area (Å²) < 4.78 is 0. The Kier molecular flexibility index (Phi) is 4.66. The van der Waals surface area contributed by atoms with Crippen LogP contribution in [-0.2, 0) is 0 Å². The molecule has 0 aliphatic carbocycles. The van der Waals surface area contributed by atoms with Gasteiger partial charge in [0.2, 0.25) is 0 Å². The number of hydrogen-bond donors (Lipinski definition) is 1. The predicted molar refractivity (Wildman–Crippen MR) is 76.2 cm³/mol. The van der Waals surface area contributed by atoms with Crippen molar-refractivity contribution in [3.63, 3.8) is 0 Å². The Hall–Kier alpha value is -1.00. The third kappa shape index (κ3) is 3.27. The Balaban J connectivity index is 1.95. The summed E-state index contributed by atoms with van der Waals surface area (Å²) in [6.07, 6.45) is 3.21. The molecule has 0 spiro atoms. The quantitative estimate of drug-likeness (QED) is 0.845. The minimum atomic E-state index is 0.120. The lowest BCUT2D eigenvalue weighted by Gasteiger charge is -2.20. The van der Waals surface area contributed by atoms with Crippen molar-refractivity contribution < 1.29 is 4.79 Å². The van der Waals surface area contributed by atoms with Crippen molar-refractivity contribution >= 4 is 17.7 Å². The third-order valence-corrected chi connectivity index (χ3v) is 4.12. The van der Waals surface area contributed by atoms with E-state index in [2.05, 4.69) is 5.32 Å². The average molecular weight is 264 g/mol. The fourth-order valence-electron chi connectivity index (χ4n) is 2.29. The fourth-order valence-corrected chi connectivity index (χ4v) is 2.70. The summed E-state index contributed by atoms with van der Waals surface area (Å²) >= 11 is 1.69. The van der Waals surface area contributed by atoms with Gasteiger partial charge in [0, 0.05) is 24.1 Å². The monoisotopic (exact) mass is 264 g/mol. The van der Waals surface area contributed by atoms with E-state index < -0.39 is 0 Å². The molecule has 0 bridgehead atoms. The molecule has 3 nitrogen and oxygen atoms in total. The summed E-state index contributed by atoms with van der Waals surface area (Å²) in [7, 11) is 1.89. The van der Waals surface area contributed by atoms with Crippen molar-refractivity contribution in [1.29, 1.82) is 0 Å². The van der Waals surface area contributed by atoms with Gasteiger partial charge >= 0.3 is 0 Å². The van der Waals surface area contributed by atoms with Crippen LogP contribution in [0.1, 0.15) is 16.8 Å². The van der Waals surface area contributed by atoms with E-state index in [0.717, 1.165) is 25.2 Å². The van der Waals surface area contributed by atoms with Crippen LogP contribution in [0.4, 0.5) is 0 Å². The van der Waals surface area contributed by atoms with Gasteiger partial charge in [-0.3, -0.25) is 4.79 Å². The van der Waals surface area contributed by atoms with Crippen LogP contribution in [0, 0.1) is 5.92 Å². The molecule has 1 aliphatic heterocycles. The van der Waals surface area contributed by atoms with E-state index in [1.54, 1.807) is 11.8 Å². The first kappa shape index (κ1) is 13.4. The molecule has 98 valence electrons. The minimum absolute atomic E-state index is 0.120. The lowest BCUT2D eigenvalue weighted by Crippen LogP contribution is -2.32. The van der Waals surface area contributed by atoms with Gasteiger partial charge in [0.25, 0.3) is 5.91 Å². The maximum absolute atomic E-state index is 12.2. The molecule has 1 unspecified atom stereocenters. The molecular weight excluding hydrogens is 244 g/mol. The van der Waals surface area contributed by atoms with Crippen LogP contribution in [0.3, 0.4) is 0 Å². The van der Waals surface area contributed by atoms with Crippen LogP contribution in [0.15, 0.2) is 29.2 Å². The first-order valence-electron chi connectivity index (χ1n) is 6.31. The van der Waals surface area contributed by atoms with Crippen molar-refractivity contribution in [2.75, 3.05) is 32.9 Å². The van der Waals surface area contributed by atoms with Crippen molar-refractivity contribution in [1.82, 2.24) is 10.2 Å². The molecule has 2 rings (SSSR count). The second kappa shape index (κ2) is 6.25. The maximum atomic E-state index is 12.2. The highest BCUT2D eigenvalue weighted by atomic mass is 32.2. The van der Waals surface area contributed by atoms with Gasteiger partial charge in [-0.05, 0) is 55.9 Å². The van der Waals surface area contributed by atoms with Gasteiger partial charge in [0.1, 0.15) is 0 Å². The third-order valence-electron chi connectivity index (χ3n) is 3.38. The van der Waals surface area contributed by atoms with E-state index in [-0.39, 0.29) is 5.91 Å². The topological polar surface area (TPSA) is 32.3 Å². The number of carbonyl (C=O) groups is 1. The van der Waals surface area contributed by atoms with E-state index in [1.165, 1.54) is 11.3 Å². The SMILES string of the molecule is CSc1ccc(C(=O)N(C)CC2CCNC2)cc1. The van der Waals surface area contributed by atoms with Crippen molar-refractivity contribution in [3.05, 3.63) is 29.8 Å². The average Bonchev–Trinajstić information content (AvgIpc) is 2.91. The second-order valence-corrected chi connectivity index (χ2v) is 5.65. The Bertz CT molecular complexity index is 399. The zero-order valence-electron chi connectivity index (χ0n) is 11.0. The first-order chi connectivity index (χ1) is 8.70. The molecule has 4 heteroatoms. The number of carbonyl (C=O) groups excluding carboxylic acids is 1. The van der Waals surface area contributed by atoms with Gasteiger partial charge in [0.05, 0.1) is 0 Å². The lowest BCUT2D eigenvalue weighted by molar-refractivity contribution is 0.0776. The largest absolute Gasteiger partial charge is 0.341 e. The minimum Gasteiger partial charge on any atom is -0.341 e. The van der Waals surface area contributed by atoms with Crippen LogP contribution >= 0.6 is 11.8 Å². The molecular formula is C14H20N2OS. The maximum Gasteiger partial charge on any atom is 0.253 e. The van der Waals surface area contributed by atoms with Gasteiger partial charge in [0.15, 0.2) is 0 Å². The van der Waals surface area contributed by atoms with Gasteiger partial charge in [-0.2, -0.15) is 0 Å². The van der Waals surface area contributed by atoms with Crippen LogP contribution in [0.25, 0.3) is 0 Å². The van der Waals surface area contributed by atoms with Crippen LogP contribution in [0.2, 0.25) is 0 Å². The number of amides is 1. The normalized spacial score (nSPS) is 18.9. The van der Waals surface area contributed by atoms with E-state index in [0.29, 0.717) is 5.92 Å². The second-order valence-electron chi connectivity index (χ2n) is 4.77. The molecule has 1 atom stereocenters. The zero-order chi connectivity index (χ0) is 13.0. The summed E-state index contributed by atoms with van der Waals surface area (Å²) in [6.45, 7) is 2.95. The molecule has 0 aromatic heterocycles. The Labute approximate surface area is 113 Å². The zero-order valence-corrected chi connectivity index (χ0v) is 11.8. The Morgan fingerprint density at radius 3 is 2.72 bits per heavy atom. The van der Waals surface area contributed by atoms with E-state index in [9.17, 15) is 4.79 Å². The summed E-state index contributed by atoms with van der Waals surface area (Å²) in [4.78, 5) is 15.3. The van der Waals surface area contributed by atoms with E-state index in [4.69, 9.17) is 0 Å². The van der Waals surface area contributed by atoms with Crippen molar-refractivity contribution in [2.24, 2.45) is 5.92 Å². The number of nitrogens with one attached hydrogen (secondary N) is 1. The smallest absolute Gasteiger partial charge is 0.253 e. The number of hydrogen-bond acceptors (Lipinski definition) is 3. The number of benzene rings is 1. The standard InChI is InChI=1S/C14H20N2OS/c1-16(10-11-7-8-15-9-11)14(17)12-3-5-13(18-2)6-4-12/h3-6,11,15H,7-10H2,1-2H3. The number of nitrogens with zero attached hydrogens (tertiary/aromatic N) is 1. The highest BCUT2D eigenvalue weighted by Crippen LogP contribution is 2.16. The number of rotatable bonds is 4. The van der Waals surface area contributed by atoms with Crippen LogP contribution in [0.5, 0.6) is 0 Å². The molecule has 1 aromatic rings. The van der Waals surface area contributed by atoms with E-state index >= 15 is 0 Å². The summed E-state index contributed by atoms with van der Waals surface area (Å²) in [6, 6.07) is 7.83. The number of thioether (sulfide) groups is 1. The lowest BCUT2D eigenvalue weighted by atomic mass is 10.1. The highest BCUT2D eigenvalue weighted by Gasteiger charge is 2.19. The van der Waals surface area contributed by atoms with Crippen molar-refractivity contribution in [2.45, 2.75) is 11.3 Å². The Morgan fingerprint density at radius 1 is 1.44 bits per heavy atom. The first-order valence-corrected chi connectivity index (χ1v) is 7.53. The summed E-state index contributed by atoms with van der Waals surface area (Å²) in [5, 5.41) is 3.33. The van der Waals surface area contributed by atoms with Crippen LogP contribution in [-0.4, -0.2) is 43.7 Å². The van der Waals surface area contributed by atoms with Gasteiger partial charge < -0.3 is 10.2 Å². The molecule has 1 fully saturated rings. The molecule has 1 amide bonds. The molecule has 1 aromatic carbocycles. The molecule has 1 heterocycles. The van der Waals surface area contributed by atoms with Crippen LogP contribution < -0.4 is 5.32 Å². The molecule has 1 aliphatic rings. The van der Waals surface area contributed by atoms with Crippen molar-refractivity contribution in [3.8, 4) is 0 Å². The van der Waals surface area contributed by atoms with Gasteiger partial charge in [-0.1, -0.05) is 0 Å². The summed E-state index contributed by atoms with van der Waals surface area (Å²) in [5.41, 5.74) is 0.779. The van der Waals surface area contributed by atoms with Gasteiger partial charge in [-0.25, -0.2) is 0 Å². The molecule has 1 N–H and O–H groups in total. The van der Waals surface area contributed by atoms with E-state index in [1.807, 2.05) is 42.5 Å². The Morgan fingerprint density at radius 2 is 2.17 bits per heavy atom. The molecule has 0 saturated carbocycles. The molecule has 0 radical (unpaired) electrons. The molecule has 18 heavy (non-hydrogen) atoms. The van der Waals surface area contributed by atoms with Gasteiger partial charge in [-0.15, -0.1) is 11.8 Å². The fraction of sp³-hybridized carbons (Fsp3) is 0.500.